The van der Waals surface area contributed by atoms with E-state index in [9.17, 15) is 4.79 Å². The standard InChI is InChI=1S/C14H15ClN2O2S/c1-2-19-14(18)13-11(16)7-12(20-13)17-8-9-3-5-10(15)6-4-9/h3-7,17H,2,8,16H2,1H3. The predicted molar refractivity (Wildman–Crippen MR) is 83.5 cm³/mol. The number of halogens is 1. The van der Waals surface area contributed by atoms with Crippen LogP contribution in [0, 0.1) is 0 Å². The van der Waals surface area contributed by atoms with Gasteiger partial charge in [0.25, 0.3) is 0 Å². The van der Waals surface area contributed by atoms with Crippen LogP contribution in [-0.4, -0.2) is 12.6 Å². The molecule has 0 saturated heterocycles. The minimum absolute atomic E-state index is 0.337. The van der Waals surface area contributed by atoms with Crippen molar-refractivity contribution in [2.45, 2.75) is 13.5 Å². The zero-order valence-electron chi connectivity index (χ0n) is 11.0. The smallest absolute Gasteiger partial charge is 0.350 e. The first-order valence-corrected chi connectivity index (χ1v) is 7.34. The van der Waals surface area contributed by atoms with E-state index in [1.807, 2.05) is 24.3 Å². The SMILES string of the molecule is CCOC(=O)c1sc(NCc2ccc(Cl)cc2)cc1N. The summed E-state index contributed by atoms with van der Waals surface area (Å²) >= 11 is 7.12. The summed E-state index contributed by atoms with van der Waals surface area (Å²) in [6.45, 7) is 2.74. The Kier molecular flexibility index (Phi) is 4.87. The van der Waals surface area contributed by atoms with E-state index in [1.165, 1.54) is 11.3 Å². The Morgan fingerprint density at radius 1 is 1.40 bits per heavy atom. The first kappa shape index (κ1) is 14.7. The van der Waals surface area contributed by atoms with Gasteiger partial charge in [-0.25, -0.2) is 4.79 Å². The van der Waals surface area contributed by atoms with E-state index in [0.717, 1.165) is 10.6 Å². The topological polar surface area (TPSA) is 64.3 Å². The number of hydrogen-bond donors (Lipinski definition) is 2. The summed E-state index contributed by atoms with van der Waals surface area (Å²) in [4.78, 5) is 12.1. The number of nitrogen functional groups attached to an aromatic ring is 1. The van der Waals surface area contributed by atoms with Crippen molar-refractivity contribution in [1.82, 2.24) is 0 Å². The molecular weight excluding hydrogens is 296 g/mol. The highest BCUT2D eigenvalue weighted by molar-refractivity contribution is 7.18. The largest absolute Gasteiger partial charge is 0.462 e. The highest BCUT2D eigenvalue weighted by atomic mass is 35.5. The summed E-state index contributed by atoms with van der Waals surface area (Å²) < 4.78 is 4.95. The molecule has 0 unspecified atom stereocenters. The molecule has 0 spiro atoms. The zero-order valence-corrected chi connectivity index (χ0v) is 12.6. The molecular formula is C14H15ClN2O2S. The van der Waals surface area contributed by atoms with E-state index in [0.29, 0.717) is 28.7 Å². The molecule has 0 aliphatic carbocycles. The van der Waals surface area contributed by atoms with Gasteiger partial charge >= 0.3 is 5.97 Å². The van der Waals surface area contributed by atoms with Gasteiger partial charge in [0, 0.05) is 11.6 Å². The minimum atomic E-state index is -0.380. The summed E-state index contributed by atoms with van der Waals surface area (Å²) in [5.74, 6) is -0.380. The van der Waals surface area contributed by atoms with E-state index in [2.05, 4.69) is 5.32 Å². The molecule has 0 fully saturated rings. The summed E-state index contributed by atoms with van der Waals surface area (Å²) in [6.07, 6.45) is 0. The number of nitrogens with two attached hydrogens (primary N) is 1. The van der Waals surface area contributed by atoms with Gasteiger partial charge < -0.3 is 15.8 Å². The molecule has 20 heavy (non-hydrogen) atoms. The van der Waals surface area contributed by atoms with Crippen LogP contribution in [0.4, 0.5) is 10.7 Å². The number of ether oxygens (including phenoxy) is 1. The van der Waals surface area contributed by atoms with Crippen molar-refractivity contribution in [3.63, 3.8) is 0 Å². The van der Waals surface area contributed by atoms with Crippen molar-refractivity contribution >= 4 is 39.6 Å². The molecule has 1 aromatic heterocycles. The lowest BCUT2D eigenvalue weighted by atomic mass is 10.2. The monoisotopic (exact) mass is 310 g/mol. The van der Waals surface area contributed by atoms with Crippen LogP contribution >= 0.6 is 22.9 Å². The lowest BCUT2D eigenvalue weighted by Crippen LogP contribution is -2.04. The first-order chi connectivity index (χ1) is 9.60. The molecule has 2 rings (SSSR count). The molecule has 0 aliphatic rings. The Labute approximate surface area is 126 Å². The average molecular weight is 311 g/mol. The highest BCUT2D eigenvalue weighted by Gasteiger charge is 2.15. The molecule has 1 aromatic carbocycles. The molecule has 0 bridgehead atoms. The van der Waals surface area contributed by atoms with Gasteiger partial charge in [0.1, 0.15) is 4.88 Å². The Morgan fingerprint density at radius 3 is 2.75 bits per heavy atom. The normalized spacial score (nSPS) is 10.3. The number of carbonyl (C=O) groups excluding carboxylic acids is 1. The fraction of sp³-hybridized carbons (Fsp3) is 0.214. The lowest BCUT2D eigenvalue weighted by Gasteiger charge is -2.03. The Balaban J connectivity index is 2.01. The van der Waals surface area contributed by atoms with Crippen molar-refractivity contribution in [2.75, 3.05) is 17.7 Å². The van der Waals surface area contributed by atoms with Crippen LogP contribution in [-0.2, 0) is 11.3 Å². The second-order valence-electron chi connectivity index (χ2n) is 4.10. The maximum atomic E-state index is 11.7. The summed E-state index contributed by atoms with van der Waals surface area (Å²) in [5.41, 5.74) is 7.35. The van der Waals surface area contributed by atoms with Gasteiger partial charge in [-0.15, -0.1) is 11.3 Å². The third-order valence-electron chi connectivity index (χ3n) is 2.60. The van der Waals surface area contributed by atoms with Gasteiger partial charge in [-0.3, -0.25) is 0 Å². The fourth-order valence-corrected chi connectivity index (χ4v) is 2.64. The van der Waals surface area contributed by atoms with Crippen LogP contribution < -0.4 is 11.1 Å². The average Bonchev–Trinajstić information content (AvgIpc) is 2.80. The van der Waals surface area contributed by atoms with E-state index in [4.69, 9.17) is 22.1 Å². The number of thiophene rings is 1. The Morgan fingerprint density at radius 2 is 2.10 bits per heavy atom. The van der Waals surface area contributed by atoms with Crippen molar-refractivity contribution < 1.29 is 9.53 Å². The Bertz CT molecular complexity index is 596. The van der Waals surface area contributed by atoms with Gasteiger partial charge in [0.2, 0.25) is 0 Å². The van der Waals surface area contributed by atoms with Crippen molar-refractivity contribution in [3.05, 3.63) is 45.8 Å². The van der Waals surface area contributed by atoms with Crippen molar-refractivity contribution in [2.24, 2.45) is 0 Å². The van der Waals surface area contributed by atoms with Crippen LogP contribution in [0.1, 0.15) is 22.2 Å². The number of nitrogens with one attached hydrogen (secondary N) is 1. The molecule has 0 saturated carbocycles. The molecule has 0 aliphatic heterocycles. The molecule has 0 radical (unpaired) electrons. The predicted octanol–water partition coefficient (Wildman–Crippen LogP) is 3.77. The van der Waals surface area contributed by atoms with Crippen LogP contribution in [0.15, 0.2) is 30.3 Å². The molecule has 6 heteroatoms. The Hall–Kier alpha value is -1.72. The van der Waals surface area contributed by atoms with E-state index in [-0.39, 0.29) is 5.97 Å². The second kappa shape index (κ2) is 6.63. The third kappa shape index (κ3) is 3.65. The maximum absolute atomic E-state index is 11.7. The number of anilines is 2. The number of hydrogen-bond acceptors (Lipinski definition) is 5. The van der Waals surface area contributed by atoms with Gasteiger partial charge in [0.15, 0.2) is 0 Å². The van der Waals surface area contributed by atoms with Gasteiger partial charge in [0.05, 0.1) is 17.3 Å². The van der Waals surface area contributed by atoms with Crippen molar-refractivity contribution in [3.8, 4) is 0 Å². The van der Waals surface area contributed by atoms with Crippen LogP contribution in [0.2, 0.25) is 5.02 Å². The summed E-state index contributed by atoms with van der Waals surface area (Å²) in [5, 5.41) is 4.77. The first-order valence-electron chi connectivity index (χ1n) is 6.15. The fourth-order valence-electron chi connectivity index (χ4n) is 1.64. The number of carbonyl (C=O) groups is 1. The van der Waals surface area contributed by atoms with Gasteiger partial charge in [-0.2, -0.15) is 0 Å². The number of rotatable bonds is 5. The van der Waals surface area contributed by atoms with Gasteiger partial charge in [-0.05, 0) is 30.7 Å². The lowest BCUT2D eigenvalue weighted by molar-refractivity contribution is 0.0533. The summed E-state index contributed by atoms with van der Waals surface area (Å²) in [6, 6.07) is 9.31. The third-order valence-corrected chi connectivity index (χ3v) is 3.94. The molecule has 0 atom stereocenters. The van der Waals surface area contributed by atoms with Crippen molar-refractivity contribution in [1.29, 1.82) is 0 Å². The van der Waals surface area contributed by atoms with E-state index < -0.39 is 0 Å². The van der Waals surface area contributed by atoms with Gasteiger partial charge in [-0.1, -0.05) is 23.7 Å². The van der Waals surface area contributed by atoms with E-state index >= 15 is 0 Å². The molecule has 2 aromatic rings. The molecule has 0 amide bonds. The summed E-state index contributed by atoms with van der Waals surface area (Å²) in [7, 11) is 0. The van der Waals surface area contributed by atoms with Crippen LogP contribution in [0.5, 0.6) is 0 Å². The van der Waals surface area contributed by atoms with E-state index in [1.54, 1.807) is 13.0 Å². The van der Waals surface area contributed by atoms with Crippen LogP contribution in [0.3, 0.4) is 0 Å². The maximum Gasteiger partial charge on any atom is 0.350 e. The second-order valence-corrected chi connectivity index (χ2v) is 5.58. The van der Waals surface area contributed by atoms with Crippen LogP contribution in [0.25, 0.3) is 0 Å². The number of benzene rings is 1. The molecule has 3 N–H and O–H groups in total. The number of esters is 1. The molecule has 4 nitrogen and oxygen atoms in total. The quantitative estimate of drug-likeness (QED) is 0.825. The zero-order chi connectivity index (χ0) is 14.5. The molecule has 106 valence electrons. The highest BCUT2D eigenvalue weighted by Crippen LogP contribution is 2.30. The molecule has 1 heterocycles. The minimum Gasteiger partial charge on any atom is -0.462 e.